The number of fused-ring (bicyclic) bond motifs is 1. The maximum atomic E-state index is 12.7. The largest absolute Gasteiger partial charge is 0.443 e. The van der Waals surface area contributed by atoms with Gasteiger partial charge in [0.05, 0.1) is 5.69 Å². The van der Waals surface area contributed by atoms with E-state index in [2.05, 4.69) is 30.4 Å². The van der Waals surface area contributed by atoms with E-state index >= 15 is 0 Å². The van der Waals surface area contributed by atoms with Crippen LogP contribution in [-0.4, -0.2) is 31.2 Å². The normalized spacial score (nSPS) is 13.2. The number of nitrogens with one attached hydrogen (secondary N) is 1. The first-order valence-electron chi connectivity index (χ1n) is 9.72. The fourth-order valence-electron chi connectivity index (χ4n) is 3.50. The zero-order valence-corrected chi connectivity index (χ0v) is 17.3. The smallest absolute Gasteiger partial charge is 0.414 e. The Morgan fingerprint density at radius 3 is 2.57 bits per heavy atom. The molecule has 1 aliphatic rings. The number of hydrogen-bond donors (Lipinski definition) is 1. The van der Waals surface area contributed by atoms with Crippen LogP contribution in [0, 0.1) is 0 Å². The molecule has 0 aromatic heterocycles. The van der Waals surface area contributed by atoms with E-state index in [-0.39, 0.29) is 12.0 Å². The Balaban J connectivity index is 2.12. The van der Waals surface area contributed by atoms with Crippen LogP contribution in [0.2, 0.25) is 0 Å². The van der Waals surface area contributed by atoms with Crippen molar-refractivity contribution >= 4 is 17.7 Å². The molecule has 1 N–H and O–H groups in total. The summed E-state index contributed by atoms with van der Waals surface area (Å²) in [5, 5.41) is 2.68. The second kappa shape index (κ2) is 7.66. The maximum absolute atomic E-state index is 12.7. The molecule has 2 aromatic carbocycles. The Hall–Kier alpha value is -2.82. The number of benzene rings is 2. The minimum Gasteiger partial charge on any atom is -0.443 e. The topological polar surface area (TPSA) is 58.6 Å². The van der Waals surface area contributed by atoms with Crippen LogP contribution >= 0.6 is 0 Å². The Morgan fingerprint density at radius 1 is 1.18 bits per heavy atom. The highest BCUT2D eigenvalue weighted by Crippen LogP contribution is 2.38. The molecule has 0 fully saturated rings. The van der Waals surface area contributed by atoms with E-state index in [4.69, 9.17) is 4.74 Å². The molecule has 0 saturated heterocycles. The summed E-state index contributed by atoms with van der Waals surface area (Å²) < 4.78 is 5.57. The number of anilines is 1. The van der Waals surface area contributed by atoms with Gasteiger partial charge in [-0.05, 0) is 68.0 Å². The lowest BCUT2D eigenvalue weighted by atomic mass is 9.93. The van der Waals surface area contributed by atoms with E-state index in [0.29, 0.717) is 12.1 Å². The molecule has 1 aliphatic heterocycles. The van der Waals surface area contributed by atoms with Gasteiger partial charge in [0.1, 0.15) is 5.60 Å². The first kappa shape index (κ1) is 19.9. The van der Waals surface area contributed by atoms with Gasteiger partial charge >= 0.3 is 6.09 Å². The summed E-state index contributed by atoms with van der Waals surface area (Å²) in [7, 11) is 1.61. The molecule has 0 unspecified atom stereocenters. The summed E-state index contributed by atoms with van der Waals surface area (Å²) in [6, 6.07) is 12.0. The Kier molecular flexibility index (Phi) is 5.45. The highest BCUT2D eigenvalue weighted by molar-refractivity contribution is 6.00. The lowest BCUT2D eigenvalue weighted by Crippen LogP contribution is -2.35. The zero-order valence-electron chi connectivity index (χ0n) is 17.3. The standard InChI is InChI=1S/C23H28N2O3/c1-6-15-8-7-9-16(12-15)19-13-17(21(26)24-5)14-20-18(19)10-11-25(20)22(27)28-23(2,3)4/h7-9,12-14H,6,10-11H2,1-5H3,(H,24,26). The highest BCUT2D eigenvalue weighted by atomic mass is 16.6. The SMILES string of the molecule is CCc1cccc(-c2cc(C(=O)NC)cc3c2CCN3C(=O)OC(C)(C)C)c1. The van der Waals surface area contributed by atoms with Crippen LogP contribution in [0.5, 0.6) is 0 Å². The molecular weight excluding hydrogens is 352 g/mol. The van der Waals surface area contributed by atoms with Crippen LogP contribution in [0.25, 0.3) is 11.1 Å². The molecular formula is C23H28N2O3. The van der Waals surface area contributed by atoms with E-state index in [1.807, 2.05) is 32.9 Å². The van der Waals surface area contributed by atoms with Crippen molar-refractivity contribution in [1.29, 1.82) is 0 Å². The van der Waals surface area contributed by atoms with Gasteiger partial charge in [0.15, 0.2) is 0 Å². The number of carbonyl (C=O) groups is 2. The second-order valence-corrected chi connectivity index (χ2v) is 8.04. The van der Waals surface area contributed by atoms with Gasteiger partial charge in [0, 0.05) is 19.2 Å². The predicted octanol–water partition coefficient (Wildman–Crippen LogP) is 4.57. The number of carbonyl (C=O) groups excluding carboxylic acids is 2. The van der Waals surface area contributed by atoms with Gasteiger partial charge in [0.25, 0.3) is 5.91 Å². The third kappa shape index (κ3) is 4.03. The number of amides is 2. The number of aryl methyl sites for hydroxylation is 1. The fourth-order valence-corrected chi connectivity index (χ4v) is 3.50. The van der Waals surface area contributed by atoms with Crippen molar-refractivity contribution in [3.05, 3.63) is 53.1 Å². The number of ether oxygens (including phenoxy) is 1. The van der Waals surface area contributed by atoms with Crippen molar-refractivity contribution < 1.29 is 14.3 Å². The average Bonchev–Trinajstić information content (AvgIpc) is 3.09. The van der Waals surface area contributed by atoms with Gasteiger partial charge in [-0.25, -0.2) is 4.79 Å². The van der Waals surface area contributed by atoms with Crippen molar-refractivity contribution in [2.45, 2.75) is 46.1 Å². The molecule has 3 rings (SSSR count). The highest BCUT2D eigenvalue weighted by Gasteiger charge is 2.31. The molecule has 148 valence electrons. The molecule has 2 amide bonds. The van der Waals surface area contributed by atoms with E-state index < -0.39 is 5.60 Å². The third-order valence-corrected chi connectivity index (χ3v) is 4.85. The maximum Gasteiger partial charge on any atom is 0.414 e. The summed E-state index contributed by atoms with van der Waals surface area (Å²) in [6.07, 6.45) is 1.29. The lowest BCUT2D eigenvalue weighted by Gasteiger charge is -2.25. The first-order chi connectivity index (χ1) is 13.2. The monoisotopic (exact) mass is 380 g/mol. The molecule has 0 spiro atoms. The van der Waals surface area contributed by atoms with Crippen molar-refractivity contribution in [2.75, 3.05) is 18.5 Å². The Morgan fingerprint density at radius 2 is 1.93 bits per heavy atom. The lowest BCUT2D eigenvalue weighted by molar-refractivity contribution is 0.0583. The molecule has 0 radical (unpaired) electrons. The van der Waals surface area contributed by atoms with Crippen molar-refractivity contribution in [1.82, 2.24) is 5.32 Å². The molecule has 28 heavy (non-hydrogen) atoms. The third-order valence-electron chi connectivity index (χ3n) is 4.85. The van der Waals surface area contributed by atoms with Gasteiger partial charge < -0.3 is 10.1 Å². The van der Waals surface area contributed by atoms with Crippen molar-refractivity contribution in [3.8, 4) is 11.1 Å². The molecule has 2 aromatic rings. The van der Waals surface area contributed by atoms with E-state index in [0.717, 1.165) is 35.2 Å². The van der Waals surface area contributed by atoms with Crippen LogP contribution in [-0.2, 0) is 17.6 Å². The molecule has 0 aliphatic carbocycles. The van der Waals surface area contributed by atoms with Gasteiger partial charge in [-0.3, -0.25) is 9.69 Å². The van der Waals surface area contributed by atoms with Crippen LogP contribution in [0.4, 0.5) is 10.5 Å². The van der Waals surface area contributed by atoms with E-state index in [9.17, 15) is 9.59 Å². The number of hydrogen-bond acceptors (Lipinski definition) is 3. The van der Waals surface area contributed by atoms with Gasteiger partial charge in [-0.15, -0.1) is 0 Å². The molecule has 5 nitrogen and oxygen atoms in total. The Bertz CT molecular complexity index is 913. The summed E-state index contributed by atoms with van der Waals surface area (Å²) >= 11 is 0. The minimum absolute atomic E-state index is 0.174. The summed E-state index contributed by atoms with van der Waals surface area (Å²) in [5.41, 5.74) is 5.09. The van der Waals surface area contributed by atoms with Crippen molar-refractivity contribution in [3.63, 3.8) is 0 Å². The van der Waals surface area contributed by atoms with E-state index in [1.54, 1.807) is 18.0 Å². The number of nitrogens with zero attached hydrogens (tertiary/aromatic N) is 1. The first-order valence-corrected chi connectivity index (χ1v) is 9.72. The van der Waals surface area contributed by atoms with E-state index in [1.165, 1.54) is 5.56 Å². The quantitative estimate of drug-likeness (QED) is 0.848. The predicted molar refractivity (Wildman–Crippen MR) is 112 cm³/mol. The summed E-state index contributed by atoms with van der Waals surface area (Å²) in [5.74, 6) is -0.174. The van der Waals surface area contributed by atoms with Crippen LogP contribution in [0.15, 0.2) is 36.4 Å². The molecule has 5 heteroatoms. The van der Waals surface area contributed by atoms with Crippen LogP contribution < -0.4 is 10.2 Å². The zero-order chi connectivity index (χ0) is 20.5. The summed E-state index contributed by atoms with van der Waals surface area (Å²) in [4.78, 5) is 26.7. The average molecular weight is 380 g/mol. The van der Waals surface area contributed by atoms with Gasteiger partial charge in [-0.2, -0.15) is 0 Å². The van der Waals surface area contributed by atoms with Crippen LogP contribution in [0.1, 0.15) is 49.2 Å². The molecule has 1 heterocycles. The summed E-state index contributed by atoms with van der Waals surface area (Å²) in [6.45, 7) is 8.22. The minimum atomic E-state index is -0.573. The molecule has 0 bridgehead atoms. The van der Waals surface area contributed by atoms with Crippen LogP contribution in [0.3, 0.4) is 0 Å². The Labute approximate surface area is 166 Å². The molecule has 0 atom stereocenters. The second-order valence-electron chi connectivity index (χ2n) is 8.04. The molecule has 0 saturated carbocycles. The van der Waals surface area contributed by atoms with Gasteiger partial charge in [-0.1, -0.05) is 31.2 Å². The fraction of sp³-hybridized carbons (Fsp3) is 0.391. The number of rotatable bonds is 3. The van der Waals surface area contributed by atoms with Gasteiger partial charge in [0.2, 0.25) is 0 Å². The van der Waals surface area contributed by atoms with Crippen molar-refractivity contribution in [2.24, 2.45) is 0 Å².